The molecule has 2 saturated heterocycles. The van der Waals surface area contributed by atoms with Gasteiger partial charge in [-0.15, -0.1) is 0 Å². The lowest BCUT2D eigenvalue weighted by Gasteiger charge is -2.09. The summed E-state index contributed by atoms with van der Waals surface area (Å²) in [5.74, 6) is -0.592. The molecule has 0 spiro atoms. The molecular weight excluding hydrogens is 812 g/mol. The molecule has 0 saturated carbocycles. The van der Waals surface area contributed by atoms with Crippen LogP contribution in [0, 0.1) is 0 Å². The van der Waals surface area contributed by atoms with E-state index in [0.717, 1.165) is 12.1 Å². The predicted octanol–water partition coefficient (Wildman–Crippen LogP) is 6.33. The van der Waals surface area contributed by atoms with E-state index >= 15 is 0 Å². The van der Waals surface area contributed by atoms with Crippen LogP contribution in [0.2, 0.25) is 0 Å². The highest BCUT2D eigenvalue weighted by molar-refractivity contribution is 5.94. The Bertz CT molecular complexity index is 2280. The molecule has 4 heterocycles. The van der Waals surface area contributed by atoms with Crippen molar-refractivity contribution in [2.45, 2.75) is 25.0 Å². The summed E-state index contributed by atoms with van der Waals surface area (Å²) in [6, 6.07) is 28.0. The Kier molecular flexibility index (Phi) is 13.0. The number of hydrogen-bond donors (Lipinski definition) is 0. The van der Waals surface area contributed by atoms with Crippen LogP contribution < -0.4 is 37.9 Å². The second-order valence-electron chi connectivity index (χ2n) is 13.5. The van der Waals surface area contributed by atoms with E-state index in [4.69, 9.17) is 56.4 Å². The molecule has 2 aliphatic heterocycles. The summed E-state index contributed by atoms with van der Waals surface area (Å²) in [4.78, 5) is 50.3. The van der Waals surface area contributed by atoms with Crippen molar-refractivity contribution in [3.05, 3.63) is 132 Å². The third kappa shape index (κ3) is 12.0. The van der Waals surface area contributed by atoms with Crippen LogP contribution in [0.15, 0.2) is 118 Å². The topological polar surface area (TPSA) is 219 Å². The van der Waals surface area contributed by atoms with Gasteiger partial charge in [-0.3, -0.25) is 0 Å². The summed E-state index contributed by atoms with van der Waals surface area (Å²) in [6.45, 7) is 3.08. The van der Waals surface area contributed by atoms with Crippen LogP contribution in [0.5, 0.6) is 46.0 Å². The summed E-state index contributed by atoms with van der Waals surface area (Å²) < 4.78 is 64.2. The number of nitrogens with zero attached hydrogens (tertiary/aromatic N) is 2. The molecule has 0 aliphatic carbocycles. The summed E-state index contributed by atoms with van der Waals surface area (Å²) in [7, 11) is 0. The minimum Gasteiger partial charge on any atom is -0.494 e. The third-order valence-corrected chi connectivity index (χ3v) is 8.73. The van der Waals surface area contributed by atoms with Crippen molar-refractivity contribution in [1.29, 1.82) is 0 Å². The minimum absolute atomic E-state index is 0.118. The third-order valence-electron chi connectivity index (χ3n) is 8.73. The SMILES string of the molecule is O=C(Oc1ccc(OCC2CO2)cc1)c1cc(C(=O)Oc2ccc(OCCCCOc3ccc(OC(=O)c4cc(C(=O)Oc5ccc(OCC6CO6)cc5)on4)cc3)cc2)on1. The molecule has 318 valence electrons. The summed E-state index contributed by atoms with van der Waals surface area (Å²) in [5, 5.41) is 7.25. The first-order chi connectivity index (χ1) is 30.3. The van der Waals surface area contributed by atoms with E-state index in [9.17, 15) is 19.2 Å². The second kappa shape index (κ2) is 19.6. The standard InChI is InChI=1S/C44H36N2O16/c47-41(37-21-40(62-45-37)44(50)60-34-17-9-30(10-18-34)54-24-36-26-56-36)57-31-11-3-27(4-12-31)51-19-1-2-20-52-28-5-13-33(14-6-28)59-43(49)39-22-38(46-61-39)42(48)58-32-15-7-29(8-16-32)53-23-35-25-55-35/h3-18,21-22,35-36H,1-2,19-20,23-26H2. The largest absolute Gasteiger partial charge is 0.494 e. The van der Waals surface area contributed by atoms with Crippen LogP contribution >= 0.6 is 0 Å². The van der Waals surface area contributed by atoms with Gasteiger partial charge in [0.2, 0.25) is 11.5 Å². The first-order valence-corrected chi connectivity index (χ1v) is 19.3. The van der Waals surface area contributed by atoms with E-state index in [1.807, 2.05) is 0 Å². The van der Waals surface area contributed by atoms with Crippen molar-refractivity contribution in [2.24, 2.45) is 0 Å². The number of benzene rings is 4. The van der Waals surface area contributed by atoms with Crippen molar-refractivity contribution in [2.75, 3.05) is 39.6 Å². The van der Waals surface area contributed by atoms with Crippen LogP contribution in [0.25, 0.3) is 0 Å². The molecule has 0 radical (unpaired) electrons. The van der Waals surface area contributed by atoms with Gasteiger partial charge in [0.05, 0.1) is 26.4 Å². The predicted molar refractivity (Wildman–Crippen MR) is 209 cm³/mol. The molecule has 2 aromatic heterocycles. The minimum atomic E-state index is -0.853. The molecule has 0 N–H and O–H groups in total. The number of esters is 4. The van der Waals surface area contributed by atoms with Crippen LogP contribution in [0.4, 0.5) is 0 Å². The molecule has 2 aliphatic rings. The zero-order valence-corrected chi connectivity index (χ0v) is 32.6. The van der Waals surface area contributed by atoms with E-state index in [1.54, 1.807) is 97.1 Å². The van der Waals surface area contributed by atoms with Gasteiger partial charge in [-0.2, -0.15) is 0 Å². The second-order valence-corrected chi connectivity index (χ2v) is 13.5. The highest BCUT2D eigenvalue weighted by Gasteiger charge is 2.25. The Morgan fingerprint density at radius 1 is 0.435 bits per heavy atom. The maximum Gasteiger partial charge on any atom is 0.382 e. The van der Waals surface area contributed by atoms with Gasteiger partial charge in [0.25, 0.3) is 0 Å². The maximum absolute atomic E-state index is 12.6. The molecule has 18 heteroatoms. The van der Waals surface area contributed by atoms with Gasteiger partial charge in [-0.05, 0) is 110 Å². The molecule has 2 fully saturated rings. The molecule has 18 nitrogen and oxygen atoms in total. The van der Waals surface area contributed by atoms with E-state index in [-0.39, 0.29) is 58.1 Å². The average Bonchev–Trinajstić information content (AvgIpc) is 4.20. The number of aromatic nitrogens is 2. The fourth-order valence-corrected chi connectivity index (χ4v) is 5.28. The maximum atomic E-state index is 12.6. The van der Waals surface area contributed by atoms with Gasteiger partial charge in [-0.1, -0.05) is 10.3 Å². The number of hydrogen-bond acceptors (Lipinski definition) is 18. The van der Waals surface area contributed by atoms with Crippen LogP contribution in [0.3, 0.4) is 0 Å². The molecular formula is C44H36N2O16. The number of ether oxygens (including phenoxy) is 10. The first kappa shape index (κ1) is 41.1. The summed E-state index contributed by atoms with van der Waals surface area (Å²) in [6.07, 6.45) is 1.61. The zero-order chi connectivity index (χ0) is 42.7. The Balaban J connectivity index is 0.690. The summed E-state index contributed by atoms with van der Waals surface area (Å²) >= 11 is 0. The van der Waals surface area contributed by atoms with E-state index in [0.29, 0.717) is 75.5 Å². The Morgan fingerprint density at radius 3 is 1.05 bits per heavy atom. The number of rotatable bonds is 21. The van der Waals surface area contributed by atoms with Crippen molar-refractivity contribution >= 4 is 23.9 Å². The molecule has 2 unspecified atom stereocenters. The molecule has 4 aromatic carbocycles. The van der Waals surface area contributed by atoms with Crippen LogP contribution in [-0.2, 0) is 9.47 Å². The van der Waals surface area contributed by atoms with E-state index in [2.05, 4.69) is 10.3 Å². The van der Waals surface area contributed by atoms with Crippen LogP contribution in [0.1, 0.15) is 54.9 Å². The van der Waals surface area contributed by atoms with Gasteiger partial charge in [0, 0.05) is 12.1 Å². The number of unbranched alkanes of at least 4 members (excludes halogenated alkanes) is 1. The quantitative estimate of drug-likeness (QED) is 0.0334. The average molecular weight is 849 g/mol. The van der Waals surface area contributed by atoms with Crippen molar-refractivity contribution < 1.29 is 75.6 Å². The highest BCUT2D eigenvalue weighted by Crippen LogP contribution is 2.24. The van der Waals surface area contributed by atoms with Gasteiger partial charge in [0.15, 0.2) is 11.4 Å². The molecule has 0 amide bonds. The van der Waals surface area contributed by atoms with Crippen molar-refractivity contribution in [3.8, 4) is 46.0 Å². The summed E-state index contributed by atoms with van der Waals surface area (Å²) in [5.41, 5.74) is -0.420. The number of epoxide rings is 2. The van der Waals surface area contributed by atoms with Gasteiger partial charge >= 0.3 is 23.9 Å². The lowest BCUT2D eigenvalue weighted by atomic mass is 10.3. The molecule has 6 aromatic rings. The Morgan fingerprint density at radius 2 is 0.726 bits per heavy atom. The number of carbonyl (C=O) groups is 4. The van der Waals surface area contributed by atoms with E-state index < -0.39 is 23.9 Å². The van der Waals surface area contributed by atoms with Crippen LogP contribution in [-0.4, -0.2) is 86.0 Å². The fourth-order valence-electron chi connectivity index (χ4n) is 5.28. The van der Waals surface area contributed by atoms with Gasteiger partial charge in [0.1, 0.15) is 71.4 Å². The first-order valence-electron chi connectivity index (χ1n) is 19.3. The van der Waals surface area contributed by atoms with Gasteiger partial charge < -0.3 is 56.4 Å². The Hall–Kier alpha value is -7.70. The van der Waals surface area contributed by atoms with Crippen molar-refractivity contribution in [1.82, 2.24) is 10.3 Å². The molecule has 8 rings (SSSR count). The molecule has 0 bridgehead atoms. The smallest absolute Gasteiger partial charge is 0.382 e. The Labute approximate surface area is 352 Å². The lowest BCUT2D eigenvalue weighted by Crippen LogP contribution is -2.10. The highest BCUT2D eigenvalue weighted by atomic mass is 16.6. The van der Waals surface area contributed by atoms with Gasteiger partial charge in [-0.25, -0.2) is 19.2 Å². The zero-order valence-electron chi connectivity index (χ0n) is 32.6. The molecule has 62 heavy (non-hydrogen) atoms. The fraction of sp³-hybridized carbons (Fsp3) is 0.227. The lowest BCUT2D eigenvalue weighted by molar-refractivity contribution is 0.0679. The normalized spacial score (nSPS) is 14.8. The number of carbonyl (C=O) groups excluding carboxylic acids is 4. The molecule has 2 atom stereocenters. The van der Waals surface area contributed by atoms with Crippen molar-refractivity contribution in [3.63, 3.8) is 0 Å². The monoisotopic (exact) mass is 848 g/mol. The van der Waals surface area contributed by atoms with E-state index in [1.165, 1.54) is 0 Å².